The minimum absolute atomic E-state index is 0.0435. The number of amides is 1. The smallest absolute Gasteiger partial charge is 0.323 e. The third-order valence-corrected chi connectivity index (χ3v) is 6.44. The summed E-state index contributed by atoms with van der Waals surface area (Å²) >= 11 is 0. The van der Waals surface area contributed by atoms with E-state index in [9.17, 15) is 14.4 Å². The maximum absolute atomic E-state index is 12.7. The van der Waals surface area contributed by atoms with Crippen LogP contribution in [0, 0.1) is 17.8 Å². The van der Waals surface area contributed by atoms with Gasteiger partial charge in [0.15, 0.2) is 5.82 Å². The van der Waals surface area contributed by atoms with Gasteiger partial charge < -0.3 is 20.1 Å². The number of tetrazole rings is 1. The predicted molar refractivity (Wildman–Crippen MR) is 118 cm³/mol. The molecule has 11 nitrogen and oxygen atoms in total. The van der Waals surface area contributed by atoms with E-state index in [2.05, 4.69) is 31.3 Å². The molecule has 2 fully saturated rings. The molecular formula is C22H36N6O5. The number of nitrogens with one attached hydrogen (secondary N) is 3. The Kier molecular flexibility index (Phi) is 9.45. The molecule has 0 spiro atoms. The Morgan fingerprint density at radius 3 is 2.85 bits per heavy atom. The van der Waals surface area contributed by atoms with Gasteiger partial charge in [-0.3, -0.25) is 14.4 Å². The molecule has 4 atom stereocenters. The lowest BCUT2D eigenvalue weighted by Gasteiger charge is -2.42. The number of carbonyl (C=O) groups is 3. The highest BCUT2D eigenvalue weighted by atomic mass is 16.5. The van der Waals surface area contributed by atoms with E-state index >= 15 is 0 Å². The van der Waals surface area contributed by atoms with Crippen molar-refractivity contribution < 1.29 is 25.2 Å². The van der Waals surface area contributed by atoms with E-state index in [4.69, 9.17) is 10.8 Å². The molecule has 33 heavy (non-hydrogen) atoms. The Morgan fingerprint density at radius 1 is 1.18 bits per heavy atom. The van der Waals surface area contributed by atoms with E-state index in [0.717, 1.165) is 37.9 Å². The fraction of sp³-hybridized carbons (Fsp3) is 0.818. The molecule has 1 saturated heterocycles. The molecule has 0 aromatic carbocycles. The van der Waals surface area contributed by atoms with E-state index in [1.165, 1.54) is 0 Å². The van der Waals surface area contributed by atoms with Crippen molar-refractivity contribution in [2.24, 2.45) is 17.8 Å². The lowest BCUT2D eigenvalue weighted by molar-refractivity contribution is -0.148. The summed E-state index contributed by atoms with van der Waals surface area (Å²) in [5.41, 5.74) is 0. The van der Waals surface area contributed by atoms with Crippen LogP contribution in [-0.2, 0) is 30.3 Å². The van der Waals surface area contributed by atoms with Crippen LogP contribution < -0.4 is 10.6 Å². The summed E-state index contributed by atoms with van der Waals surface area (Å²) in [5.74, 6) is 0.847. The first-order valence-corrected chi connectivity index (χ1v) is 12.0. The second kappa shape index (κ2) is 13.2. The second-order valence-electron chi connectivity index (χ2n) is 8.77. The van der Waals surface area contributed by atoms with Gasteiger partial charge in [-0.05, 0) is 63.3 Å². The minimum atomic E-state index is -1.43. The van der Waals surface area contributed by atoms with Gasteiger partial charge in [-0.25, -0.2) is 0 Å². The van der Waals surface area contributed by atoms with Crippen LogP contribution in [0.25, 0.3) is 0 Å². The quantitative estimate of drug-likeness (QED) is 0.303. The third kappa shape index (κ3) is 8.38. The average molecular weight is 466 g/mol. The molecule has 3 rings (SSSR count). The van der Waals surface area contributed by atoms with E-state index in [0.29, 0.717) is 50.3 Å². The van der Waals surface area contributed by atoms with Crippen molar-refractivity contribution in [2.45, 2.75) is 70.7 Å². The van der Waals surface area contributed by atoms with Crippen LogP contribution in [-0.4, -0.2) is 70.8 Å². The van der Waals surface area contributed by atoms with Crippen LogP contribution in [0.3, 0.4) is 0 Å². The number of esters is 2. The Morgan fingerprint density at radius 2 is 2.06 bits per heavy atom. The van der Waals surface area contributed by atoms with Crippen LogP contribution in [0.5, 0.6) is 0 Å². The maximum atomic E-state index is 12.7. The van der Waals surface area contributed by atoms with E-state index in [1.807, 2.05) is 0 Å². The topological polar surface area (TPSA) is 148 Å². The lowest BCUT2D eigenvalue weighted by Crippen LogP contribution is -2.50. The van der Waals surface area contributed by atoms with Gasteiger partial charge in [-0.15, -0.1) is 10.2 Å². The van der Waals surface area contributed by atoms with Gasteiger partial charge in [0, 0.05) is 19.4 Å². The van der Waals surface area contributed by atoms with Crippen molar-refractivity contribution in [1.29, 1.82) is 0 Å². The average Bonchev–Trinajstić information content (AvgIpc) is 3.34. The van der Waals surface area contributed by atoms with Crippen molar-refractivity contribution in [3.63, 3.8) is 0 Å². The minimum Gasteiger partial charge on any atom is -0.466 e. The molecule has 0 radical (unpaired) electrons. The molecule has 1 aliphatic heterocycles. The second-order valence-corrected chi connectivity index (χ2v) is 8.77. The number of carbonyl (C=O) groups excluding carboxylic acids is 3. The monoisotopic (exact) mass is 465 g/mol. The molecule has 3 N–H and O–H groups in total. The van der Waals surface area contributed by atoms with E-state index in [1.54, 1.807) is 6.92 Å². The number of aryl methyl sites for hydroxylation is 1. The number of H-pyrrole nitrogens is 1. The Bertz CT molecular complexity index is 810. The highest BCUT2D eigenvalue weighted by Crippen LogP contribution is 2.40. The zero-order valence-corrected chi connectivity index (χ0v) is 19.3. The van der Waals surface area contributed by atoms with Gasteiger partial charge in [0.1, 0.15) is 6.02 Å². The van der Waals surface area contributed by atoms with Gasteiger partial charge in [-0.1, -0.05) is 11.6 Å². The molecule has 0 unspecified atom stereocenters. The van der Waals surface area contributed by atoms with Gasteiger partial charge >= 0.3 is 11.9 Å². The van der Waals surface area contributed by atoms with Crippen LogP contribution in [0.4, 0.5) is 0 Å². The summed E-state index contributed by atoms with van der Waals surface area (Å²) in [6, 6.07) is -1.43. The highest BCUT2D eigenvalue weighted by Gasteiger charge is 2.38. The van der Waals surface area contributed by atoms with Gasteiger partial charge in [-0.2, -0.15) is 5.21 Å². The number of nitrogens with zero attached hydrogens (tertiary/aromatic N) is 3. The Balaban J connectivity index is 1.33. The largest absolute Gasteiger partial charge is 0.466 e. The fourth-order valence-corrected chi connectivity index (χ4v) is 4.66. The summed E-state index contributed by atoms with van der Waals surface area (Å²) in [6.07, 6.45) is 5.99. The molecule has 1 aliphatic carbocycles. The summed E-state index contributed by atoms with van der Waals surface area (Å²) in [7, 11) is 0. The molecule has 1 aromatic rings. The SMILES string of the molecule is [2H][C@@]1(C(=O)OCCCNC(=O)CCC(=O)OCC)C[C@H]2C[C@@H](CCc3nn[nH]n3)CC[C@H]2CN1. The third-order valence-electron chi connectivity index (χ3n) is 6.44. The normalized spacial score (nSPS) is 27.2. The van der Waals surface area contributed by atoms with Gasteiger partial charge in [0.2, 0.25) is 5.91 Å². The Hall–Kier alpha value is -2.56. The number of aromatic nitrogens is 4. The molecule has 184 valence electrons. The van der Waals surface area contributed by atoms with E-state index in [-0.39, 0.29) is 25.4 Å². The highest BCUT2D eigenvalue weighted by molar-refractivity contribution is 5.81. The number of fused-ring (bicyclic) bond motifs is 1. The zero-order valence-electron chi connectivity index (χ0n) is 20.3. The first-order valence-electron chi connectivity index (χ1n) is 12.5. The van der Waals surface area contributed by atoms with Crippen molar-refractivity contribution in [1.82, 2.24) is 31.3 Å². The van der Waals surface area contributed by atoms with Crippen molar-refractivity contribution in [2.75, 3.05) is 26.3 Å². The number of hydrogen-bond acceptors (Lipinski definition) is 9. The summed E-state index contributed by atoms with van der Waals surface area (Å²) in [5, 5.41) is 19.9. The number of ether oxygens (including phenoxy) is 2. The number of aromatic amines is 1. The van der Waals surface area contributed by atoms with Crippen LogP contribution >= 0.6 is 0 Å². The van der Waals surface area contributed by atoms with Gasteiger partial charge in [0.25, 0.3) is 0 Å². The number of rotatable bonds is 12. The number of hydrogen-bond donors (Lipinski definition) is 3. The molecule has 1 aromatic heterocycles. The fourth-order valence-electron chi connectivity index (χ4n) is 4.66. The molecule has 2 aliphatic rings. The zero-order chi connectivity index (χ0) is 24.4. The maximum Gasteiger partial charge on any atom is 0.323 e. The standard InChI is InChI=1S/C22H36N6O5/c1-2-32-21(30)9-8-20(29)23-10-3-11-33-22(31)18-13-17-12-15(4-6-16(17)14-24-18)5-7-19-25-27-28-26-19/h15-18,24H,2-14H2,1H3,(H,23,29)(H,25,26,27,28)/t15-,16+,17-,18+/m1/s1/i18D. The van der Waals surface area contributed by atoms with Crippen molar-refractivity contribution in [3.05, 3.63) is 5.82 Å². The van der Waals surface area contributed by atoms with Crippen molar-refractivity contribution in [3.8, 4) is 0 Å². The first kappa shape index (κ1) is 23.6. The predicted octanol–water partition coefficient (Wildman–Crippen LogP) is 0.920. The molecule has 2 heterocycles. The van der Waals surface area contributed by atoms with E-state index < -0.39 is 18.0 Å². The van der Waals surface area contributed by atoms with Crippen molar-refractivity contribution >= 4 is 17.8 Å². The number of piperidine rings is 1. The van der Waals surface area contributed by atoms with Crippen LogP contribution in [0.15, 0.2) is 0 Å². The summed E-state index contributed by atoms with van der Waals surface area (Å²) in [6.45, 7) is 3.12. The molecule has 0 bridgehead atoms. The lowest BCUT2D eigenvalue weighted by atomic mass is 9.69. The molecule has 1 saturated carbocycles. The molecular weight excluding hydrogens is 428 g/mol. The molecule has 1 amide bonds. The first-order chi connectivity index (χ1) is 16.4. The molecule has 11 heteroatoms. The Labute approximate surface area is 195 Å². The van der Waals surface area contributed by atoms with Gasteiger partial charge in [0.05, 0.1) is 21.0 Å². The van der Waals surface area contributed by atoms with Crippen LogP contribution in [0.2, 0.25) is 0 Å². The van der Waals surface area contributed by atoms with Crippen LogP contribution in [0.1, 0.15) is 65.5 Å². The summed E-state index contributed by atoms with van der Waals surface area (Å²) < 4.78 is 18.8. The summed E-state index contributed by atoms with van der Waals surface area (Å²) in [4.78, 5) is 35.7.